The molecular formula is C14H22N2O2. The maximum absolute atomic E-state index is 12.4. The maximum atomic E-state index is 12.4. The summed E-state index contributed by atoms with van der Waals surface area (Å²) in [5.41, 5.74) is 0.638. The summed E-state index contributed by atoms with van der Waals surface area (Å²) in [6.07, 6.45) is 6.72. The Kier molecular flexibility index (Phi) is 4.42. The molecule has 1 N–H and O–H groups in total. The Labute approximate surface area is 108 Å². The summed E-state index contributed by atoms with van der Waals surface area (Å²) in [6.45, 7) is 5.96. The molecule has 0 radical (unpaired) electrons. The summed E-state index contributed by atoms with van der Waals surface area (Å²) >= 11 is 0. The van der Waals surface area contributed by atoms with Crippen LogP contribution in [0.1, 0.15) is 43.5 Å². The van der Waals surface area contributed by atoms with Gasteiger partial charge in [-0.1, -0.05) is 6.42 Å². The van der Waals surface area contributed by atoms with E-state index in [9.17, 15) is 4.79 Å². The molecule has 0 bridgehead atoms. The number of hydrogen-bond donors (Lipinski definition) is 1. The van der Waals surface area contributed by atoms with Crippen LogP contribution in [0.4, 0.5) is 0 Å². The van der Waals surface area contributed by atoms with Crippen LogP contribution in [-0.2, 0) is 0 Å². The first-order valence-corrected chi connectivity index (χ1v) is 6.75. The number of carbonyl (C=O) groups is 1. The molecule has 1 saturated heterocycles. The van der Waals surface area contributed by atoms with Crippen molar-refractivity contribution in [2.75, 3.05) is 13.1 Å². The number of hydrogen-bond acceptors (Lipinski definition) is 3. The molecule has 2 rings (SSSR count). The molecular weight excluding hydrogens is 228 g/mol. The average molecular weight is 250 g/mol. The highest BCUT2D eigenvalue weighted by Crippen LogP contribution is 2.14. The molecule has 1 amide bonds. The van der Waals surface area contributed by atoms with Gasteiger partial charge in [-0.05, 0) is 39.3 Å². The average Bonchev–Trinajstić information content (AvgIpc) is 2.90. The molecule has 0 spiro atoms. The third-order valence-corrected chi connectivity index (χ3v) is 3.48. The molecule has 18 heavy (non-hydrogen) atoms. The Morgan fingerprint density at radius 2 is 2.39 bits per heavy atom. The molecule has 1 unspecified atom stereocenters. The van der Waals surface area contributed by atoms with E-state index in [2.05, 4.69) is 19.2 Å². The molecule has 0 aromatic carbocycles. The van der Waals surface area contributed by atoms with Crippen LogP contribution in [0, 0.1) is 0 Å². The lowest BCUT2D eigenvalue weighted by Crippen LogP contribution is -2.48. The summed E-state index contributed by atoms with van der Waals surface area (Å²) < 4.78 is 4.99. The van der Waals surface area contributed by atoms with Crippen molar-refractivity contribution in [2.45, 2.75) is 45.2 Å². The third kappa shape index (κ3) is 3.13. The smallest absolute Gasteiger partial charge is 0.257 e. The molecule has 1 aliphatic heterocycles. The third-order valence-electron chi connectivity index (χ3n) is 3.48. The second-order valence-electron chi connectivity index (χ2n) is 5.21. The van der Waals surface area contributed by atoms with E-state index in [4.69, 9.17) is 4.42 Å². The van der Waals surface area contributed by atoms with Crippen LogP contribution in [0.3, 0.4) is 0 Å². The first-order chi connectivity index (χ1) is 8.68. The van der Waals surface area contributed by atoms with Crippen molar-refractivity contribution in [1.82, 2.24) is 10.2 Å². The van der Waals surface area contributed by atoms with E-state index < -0.39 is 0 Å². The predicted octanol–water partition coefficient (Wildman–Crippen LogP) is 2.27. The Morgan fingerprint density at radius 1 is 1.56 bits per heavy atom. The van der Waals surface area contributed by atoms with Gasteiger partial charge in [-0.2, -0.15) is 0 Å². The van der Waals surface area contributed by atoms with Crippen molar-refractivity contribution in [3.63, 3.8) is 0 Å². The van der Waals surface area contributed by atoms with Crippen LogP contribution in [-0.4, -0.2) is 36.0 Å². The summed E-state index contributed by atoms with van der Waals surface area (Å²) in [7, 11) is 0. The van der Waals surface area contributed by atoms with Crippen LogP contribution >= 0.6 is 0 Å². The van der Waals surface area contributed by atoms with Gasteiger partial charge in [0, 0.05) is 18.6 Å². The SMILES string of the molecule is CC(C)N(CC1CCCCN1)C(=O)c1ccoc1. The van der Waals surface area contributed by atoms with Gasteiger partial charge in [0.2, 0.25) is 0 Å². The number of nitrogens with one attached hydrogen (secondary N) is 1. The minimum atomic E-state index is 0.0612. The highest BCUT2D eigenvalue weighted by atomic mass is 16.3. The van der Waals surface area contributed by atoms with Crippen LogP contribution < -0.4 is 5.32 Å². The topological polar surface area (TPSA) is 45.5 Å². The fraction of sp³-hybridized carbons (Fsp3) is 0.643. The molecule has 0 saturated carbocycles. The van der Waals surface area contributed by atoms with Crippen LogP contribution in [0.2, 0.25) is 0 Å². The quantitative estimate of drug-likeness (QED) is 0.891. The zero-order valence-electron chi connectivity index (χ0n) is 11.2. The molecule has 0 aliphatic carbocycles. The monoisotopic (exact) mass is 250 g/mol. The molecule has 1 fully saturated rings. The maximum Gasteiger partial charge on any atom is 0.257 e. The Bertz CT molecular complexity index is 367. The van der Waals surface area contributed by atoms with E-state index in [1.807, 2.05) is 4.90 Å². The molecule has 1 aromatic rings. The number of furan rings is 1. The summed E-state index contributed by atoms with van der Waals surface area (Å²) in [4.78, 5) is 14.3. The van der Waals surface area contributed by atoms with E-state index in [1.165, 1.54) is 19.1 Å². The Morgan fingerprint density at radius 3 is 2.94 bits per heavy atom. The van der Waals surface area contributed by atoms with Crippen molar-refractivity contribution in [3.8, 4) is 0 Å². The zero-order valence-corrected chi connectivity index (χ0v) is 11.2. The van der Waals surface area contributed by atoms with E-state index in [0.29, 0.717) is 11.6 Å². The van der Waals surface area contributed by atoms with Crippen LogP contribution in [0.5, 0.6) is 0 Å². The lowest BCUT2D eigenvalue weighted by molar-refractivity contribution is 0.0676. The van der Waals surface area contributed by atoms with Crippen LogP contribution in [0.15, 0.2) is 23.0 Å². The first-order valence-electron chi connectivity index (χ1n) is 6.75. The van der Waals surface area contributed by atoms with Crippen molar-refractivity contribution >= 4 is 5.91 Å². The molecule has 1 atom stereocenters. The molecule has 100 valence electrons. The van der Waals surface area contributed by atoms with Gasteiger partial charge in [-0.25, -0.2) is 0 Å². The summed E-state index contributed by atoms with van der Waals surface area (Å²) in [5.74, 6) is 0.0612. The van der Waals surface area contributed by atoms with Gasteiger partial charge < -0.3 is 14.6 Å². The second kappa shape index (κ2) is 6.05. The van der Waals surface area contributed by atoms with Gasteiger partial charge in [0.05, 0.1) is 11.8 Å². The van der Waals surface area contributed by atoms with Gasteiger partial charge >= 0.3 is 0 Å². The molecule has 4 nitrogen and oxygen atoms in total. The van der Waals surface area contributed by atoms with E-state index >= 15 is 0 Å². The summed E-state index contributed by atoms with van der Waals surface area (Å²) in [6, 6.07) is 2.36. The second-order valence-corrected chi connectivity index (χ2v) is 5.21. The lowest BCUT2D eigenvalue weighted by Gasteiger charge is -2.33. The number of amides is 1. The molecule has 4 heteroatoms. The van der Waals surface area contributed by atoms with E-state index in [-0.39, 0.29) is 11.9 Å². The fourth-order valence-corrected chi connectivity index (χ4v) is 2.40. The zero-order chi connectivity index (χ0) is 13.0. The normalized spacial score (nSPS) is 20.1. The predicted molar refractivity (Wildman–Crippen MR) is 70.5 cm³/mol. The Hall–Kier alpha value is -1.29. The molecule has 1 aliphatic rings. The largest absolute Gasteiger partial charge is 0.472 e. The molecule has 1 aromatic heterocycles. The summed E-state index contributed by atoms with van der Waals surface area (Å²) in [5, 5.41) is 3.49. The number of rotatable bonds is 4. The van der Waals surface area contributed by atoms with E-state index in [0.717, 1.165) is 19.5 Å². The number of piperidine rings is 1. The highest BCUT2D eigenvalue weighted by Gasteiger charge is 2.24. The van der Waals surface area contributed by atoms with Gasteiger partial charge in [-0.3, -0.25) is 4.79 Å². The number of carbonyl (C=O) groups excluding carboxylic acids is 1. The minimum Gasteiger partial charge on any atom is -0.472 e. The minimum absolute atomic E-state index is 0.0612. The van der Waals surface area contributed by atoms with Crippen molar-refractivity contribution in [3.05, 3.63) is 24.2 Å². The standard InChI is InChI=1S/C14H22N2O2/c1-11(2)16(9-13-5-3-4-7-15-13)14(17)12-6-8-18-10-12/h6,8,10-11,13,15H,3-5,7,9H2,1-2H3. The lowest BCUT2D eigenvalue weighted by atomic mass is 10.0. The van der Waals surface area contributed by atoms with E-state index in [1.54, 1.807) is 12.3 Å². The van der Waals surface area contributed by atoms with Gasteiger partial charge in [0.15, 0.2) is 0 Å². The first kappa shape index (κ1) is 13.1. The van der Waals surface area contributed by atoms with Gasteiger partial charge in [0.25, 0.3) is 5.91 Å². The van der Waals surface area contributed by atoms with Crippen molar-refractivity contribution in [1.29, 1.82) is 0 Å². The number of nitrogens with zero attached hydrogens (tertiary/aromatic N) is 1. The van der Waals surface area contributed by atoms with Crippen LogP contribution in [0.25, 0.3) is 0 Å². The highest BCUT2D eigenvalue weighted by molar-refractivity contribution is 5.94. The van der Waals surface area contributed by atoms with Gasteiger partial charge in [-0.15, -0.1) is 0 Å². The fourth-order valence-electron chi connectivity index (χ4n) is 2.40. The van der Waals surface area contributed by atoms with Gasteiger partial charge in [0.1, 0.15) is 6.26 Å². The van der Waals surface area contributed by atoms with Crippen molar-refractivity contribution < 1.29 is 9.21 Å². The molecule has 2 heterocycles. The van der Waals surface area contributed by atoms with Crippen molar-refractivity contribution in [2.24, 2.45) is 0 Å². The Balaban J connectivity index is 2.01.